The van der Waals surface area contributed by atoms with Crippen LogP contribution in [0.1, 0.15) is 18.9 Å². The van der Waals surface area contributed by atoms with Crippen LogP contribution in [0, 0.1) is 5.92 Å². The summed E-state index contributed by atoms with van der Waals surface area (Å²) in [5, 5.41) is 9.19. The van der Waals surface area contributed by atoms with Crippen molar-refractivity contribution in [3.63, 3.8) is 0 Å². The van der Waals surface area contributed by atoms with Gasteiger partial charge >= 0.3 is 0 Å². The molecule has 0 aliphatic rings. The van der Waals surface area contributed by atoms with Gasteiger partial charge in [0, 0.05) is 19.7 Å². The molecular weight excluding hydrogens is 226 g/mol. The number of nitrogens with zero attached hydrogens (tertiary/aromatic N) is 1. The van der Waals surface area contributed by atoms with E-state index < -0.39 is 0 Å². The van der Waals surface area contributed by atoms with Crippen molar-refractivity contribution in [2.24, 2.45) is 5.92 Å². The van der Waals surface area contributed by atoms with Crippen LogP contribution in [0.2, 0.25) is 0 Å². The van der Waals surface area contributed by atoms with E-state index in [1.165, 1.54) is 5.56 Å². The molecule has 1 rings (SSSR count). The molecule has 0 aliphatic carbocycles. The number of rotatable bonds is 8. The first-order chi connectivity index (χ1) is 8.69. The summed E-state index contributed by atoms with van der Waals surface area (Å²) in [5.74, 6) is 1.30. The third-order valence-corrected chi connectivity index (χ3v) is 3.32. The quantitative estimate of drug-likeness (QED) is 0.769. The first kappa shape index (κ1) is 15.0. The van der Waals surface area contributed by atoms with Crippen LogP contribution in [-0.2, 0) is 6.42 Å². The number of benzene rings is 1. The Balaban J connectivity index is 2.39. The Bertz CT molecular complexity index is 337. The van der Waals surface area contributed by atoms with Crippen molar-refractivity contribution < 1.29 is 9.84 Å². The summed E-state index contributed by atoms with van der Waals surface area (Å²) < 4.78 is 5.21. The van der Waals surface area contributed by atoms with Crippen molar-refractivity contribution in [3.8, 4) is 5.75 Å². The minimum absolute atomic E-state index is 0.278. The first-order valence-corrected chi connectivity index (χ1v) is 6.62. The van der Waals surface area contributed by atoms with Crippen molar-refractivity contribution in [1.82, 2.24) is 4.90 Å². The molecule has 3 heteroatoms. The van der Waals surface area contributed by atoms with E-state index in [9.17, 15) is 5.11 Å². The van der Waals surface area contributed by atoms with E-state index in [0.29, 0.717) is 5.92 Å². The fraction of sp³-hybridized carbons (Fsp3) is 0.600. The second-order valence-corrected chi connectivity index (χ2v) is 4.82. The number of methoxy groups -OCH3 is 1. The van der Waals surface area contributed by atoms with Crippen LogP contribution in [0.5, 0.6) is 5.75 Å². The molecule has 0 radical (unpaired) electrons. The maximum atomic E-state index is 9.19. The average molecular weight is 251 g/mol. The van der Waals surface area contributed by atoms with Crippen LogP contribution in [0.15, 0.2) is 24.3 Å². The lowest BCUT2D eigenvalue weighted by Crippen LogP contribution is -2.29. The van der Waals surface area contributed by atoms with Gasteiger partial charge in [-0.2, -0.15) is 0 Å². The SMILES string of the molecule is CCC(CO)CN(C)CCc1cccc(OC)c1. The Hall–Kier alpha value is -1.06. The Morgan fingerprint density at radius 1 is 1.39 bits per heavy atom. The van der Waals surface area contributed by atoms with Gasteiger partial charge in [0.1, 0.15) is 5.75 Å². The smallest absolute Gasteiger partial charge is 0.119 e. The van der Waals surface area contributed by atoms with E-state index in [0.717, 1.165) is 31.7 Å². The van der Waals surface area contributed by atoms with Gasteiger partial charge in [0.15, 0.2) is 0 Å². The number of hydrogen-bond donors (Lipinski definition) is 1. The zero-order valence-electron chi connectivity index (χ0n) is 11.7. The number of likely N-dealkylation sites (N-methyl/N-ethyl adjacent to an activating group) is 1. The van der Waals surface area contributed by atoms with Crippen LogP contribution in [0.25, 0.3) is 0 Å². The van der Waals surface area contributed by atoms with Gasteiger partial charge in [0.05, 0.1) is 7.11 Å². The van der Waals surface area contributed by atoms with E-state index in [-0.39, 0.29) is 6.61 Å². The summed E-state index contributed by atoms with van der Waals surface area (Å²) in [6.45, 7) is 4.36. The van der Waals surface area contributed by atoms with E-state index >= 15 is 0 Å². The minimum Gasteiger partial charge on any atom is -0.497 e. The molecule has 0 aromatic heterocycles. The van der Waals surface area contributed by atoms with E-state index in [2.05, 4.69) is 31.0 Å². The van der Waals surface area contributed by atoms with E-state index in [4.69, 9.17) is 4.74 Å². The van der Waals surface area contributed by atoms with Gasteiger partial charge in [-0.15, -0.1) is 0 Å². The number of ether oxygens (including phenoxy) is 1. The lowest BCUT2D eigenvalue weighted by molar-refractivity contribution is 0.177. The number of hydrogen-bond acceptors (Lipinski definition) is 3. The third kappa shape index (κ3) is 5.07. The third-order valence-electron chi connectivity index (χ3n) is 3.32. The number of aliphatic hydroxyl groups is 1. The molecule has 1 atom stereocenters. The summed E-state index contributed by atoms with van der Waals surface area (Å²) >= 11 is 0. The molecule has 3 nitrogen and oxygen atoms in total. The Morgan fingerprint density at radius 2 is 2.17 bits per heavy atom. The predicted molar refractivity (Wildman–Crippen MR) is 75.1 cm³/mol. The average Bonchev–Trinajstić information content (AvgIpc) is 2.42. The molecule has 0 saturated carbocycles. The fourth-order valence-electron chi connectivity index (χ4n) is 2.00. The van der Waals surface area contributed by atoms with E-state index in [1.807, 2.05) is 12.1 Å². The minimum atomic E-state index is 0.278. The topological polar surface area (TPSA) is 32.7 Å². The van der Waals surface area contributed by atoms with Crippen molar-refractivity contribution in [1.29, 1.82) is 0 Å². The van der Waals surface area contributed by atoms with E-state index in [1.54, 1.807) is 7.11 Å². The zero-order chi connectivity index (χ0) is 13.4. The molecule has 1 aromatic carbocycles. The van der Waals surface area contributed by atoms with Crippen LogP contribution in [0.3, 0.4) is 0 Å². The molecule has 0 bridgehead atoms. The maximum Gasteiger partial charge on any atom is 0.119 e. The largest absolute Gasteiger partial charge is 0.497 e. The molecular formula is C15H25NO2. The molecule has 0 aliphatic heterocycles. The Labute approximate surface area is 110 Å². The van der Waals surface area contributed by atoms with Gasteiger partial charge in [-0.1, -0.05) is 19.1 Å². The fourth-order valence-corrected chi connectivity index (χ4v) is 2.00. The molecule has 1 unspecified atom stereocenters. The molecule has 18 heavy (non-hydrogen) atoms. The lowest BCUT2D eigenvalue weighted by Gasteiger charge is -2.21. The normalized spacial score (nSPS) is 12.7. The molecule has 0 amide bonds. The van der Waals surface area contributed by atoms with Gasteiger partial charge in [-0.25, -0.2) is 0 Å². The van der Waals surface area contributed by atoms with Crippen molar-refractivity contribution in [3.05, 3.63) is 29.8 Å². The van der Waals surface area contributed by atoms with Crippen molar-refractivity contribution >= 4 is 0 Å². The highest BCUT2D eigenvalue weighted by atomic mass is 16.5. The molecule has 0 fully saturated rings. The first-order valence-electron chi connectivity index (χ1n) is 6.62. The Kier molecular flexibility index (Phi) is 6.76. The van der Waals surface area contributed by atoms with Crippen LogP contribution >= 0.6 is 0 Å². The molecule has 0 saturated heterocycles. The van der Waals surface area contributed by atoms with Gasteiger partial charge in [-0.05, 0) is 43.5 Å². The van der Waals surface area contributed by atoms with Crippen LogP contribution < -0.4 is 4.74 Å². The van der Waals surface area contributed by atoms with Crippen LogP contribution in [0.4, 0.5) is 0 Å². The zero-order valence-corrected chi connectivity index (χ0v) is 11.7. The predicted octanol–water partition coefficient (Wildman–Crippen LogP) is 2.19. The molecule has 1 aromatic rings. The van der Waals surface area contributed by atoms with Crippen molar-refractivity contribution in [2.45, 2.75) is 19.8 Å². The molecule has 1 N–H and O–H groups in total. The second-order valence-electron chi connectivity index (χ2n) is 4.82. The summed E-state index contributed by atoms with van der Waals surface area (Å²) in [5.41, 5.74) is 1.29. The van der Waals surface area contributed by atoms with Gasteiger partial charge < -0.3 is 14.7 Å². The maximum absolute atomic E-state index is 9.19. The molecule has 0 heterocycles. The summed E-state index contributed by atoms with van der Waals surface area (Å²) in [7, 11) is 3.80. The highest BCUT2D eigenvalue weighted by Crippen LogP contribution is 2.13. The second kappa shape index (κ2) is 8.11. The monoisotopic (exact) mass is 251 g/mol. The highest BCUT2D eigenvalue weighted by molar-refractivity contribution is 5.28. The number of aliphatic hydroxyl groups excluding tert-OH is 1. The van der Waals surface area contributed by atoms with Gasteiger partial charge in [-0.3, -0.25) is 0 Å². The molecule has 102 valence electrons. The lowest BCUT2D eigenvalue weighted by atomic mass is 10.1. The van der Waals surface area contributed by atoms with Crippen molar-refractivity contribution in [2.75, 3.05) is 33.9 Å². The molecule has 0 spiro atoms. The summed E-state index contributed by atoms with van der Waals surface area (Å²) in [4.78, 5) is 2.28. The Morgan fingerprint density at radius 3 is 2.78 bits per heavy atom. The van der Waals surface area contributed by atoms with Crippen LogP contribution in [-0.4, -0.2) is 43.9 Å². The van der Waals surface area contributed by atoms with Gasteiger partial charge in [0.25, 0.3) is 0 Å². The highest BCUT2D eigenvalue weighted by Gasteiger charge is 2.08. The summed E-state index contributed by atoms with van der Waals surface area (Å²) in [6.07, 6.45) is 2.04. The van der Waals surface area contributed by atoms with Gasteiger partial charge in [0.2, 0.25) is 0 Å². The standard InChI is InChI=1S/C15H25NO2/c1-4-13(12-17)11-16(2)9-8-14-6-5-7-15(10-14)18-3/h5-7,10,13,17H,4,8-9,11-12H2,1-3H3. The summed E-state index contributed by atoms with van der Waals surface area (Å²) in [6, 6.07) is 8.19.